The Morgan fingerprint density at radius 2 is 2.04 bits per heavy atom. The largest absolute Gasteiger partial charge is 0.481 e. The van der Waals surface area contributed by atoms with Gasteiger partial charge >= 0.3 is 6.03 Å². The zero-order valence-corrected chi connectivity index (χ0v) is 14.0. The number of methoxy groups -OCH3 is 1. The van der Waals surface area contributed by atoms with Gasteiger partial charge in [0.2, 0.25) is 5.88 Å². The fraction of sp³-hybridized carbons (Fsp3) is 0.167. The number of rotatable bonds is 5. The van der Waals surface area contributed by atoms with Gasteiger partial charge < -0.3 is 15.4 Å². The molecule has 0 aliphatic heterocycles. The summed E-state index contributed by atoms with van der Waals surface area (Å²) < 4.78 is 5.06. The summed E-state index contributed by atoms with van der Waals surface area (Å²) in [6, 6.07) is 11.1. The summed E-state index contributed by atoms with van der Waals surface area (Å²) in [5.41, 5.74) is 1.75. The number of aromatic nitrogens is 2. The maximum Gasteiger partial charge on any atom is 0.320 e. The van der Waals surface area contributed by atoms with E-state index in [1.165, 1.54) is 0 Å². The Labute approximate surface area is 145 Å². The topological polar surface area (TPSA) is 88.2 Å². The van der Waals surface area contributed by atoms with E-state index in [0.29, 0.717) is 18.2 Å². The summed E-state index contributed by atoms with van der Waals surface area (Å²) >= 11 is 0. The Morgan fingerprint density at radius 1 is 1.16 bits per heavy atom. The van der Waals surface area contributed by atoms with Crippen LogP contribution in [0.25, 0.3) is 10.8 Å². The lowest BCUT2D eigenvalue weighted by molar-refractivity contribution is 0.252. The number of hydrogen-bond acceptors (Lipinski definition) is 5. The molecule has 0 saturated carbocycles. The third kappa shape index (κ3) is 3.95. The molecule has 3 aromatic rings. The molecular formula is C18H19N5O2. The number of nitrogens with one attached hydrogen (secondary N) is 3. The monoisotopic (exact) mass is 337 g/mol. The van der Waals surface area contributed by atoms with Crippen molar-refractivity contribution in [3.63, 3.8) is 0 Å². The SMILES string of the molecule is CCNC(=O)Nc1cc2cccc(Nc3ccc(OC)nc3)c2cn1. The Bertz CT molecular complexity index is 880. The van der Waals surface area contributed by atoms with Crippen LogP contribution in [0.5, 0.6) is 5.88 Å². The highest BCUT2D eigenvalue weighted by Crippen LogP contribution is 2.27. The van der Waals surface area contributed by atoms with Crippen molar-refractivity contribution in [1.82, 2.24) is 15.3 Å². The van der Waals surface area contributed by atoms with Crippen LogP contribution in [0.4, 0.5) is 22.0 Å². The molecule has 0 aliphatic rings. The number of urea groups is 1. The van der Waals surface area contributed by atoms with E-state index in [4.69, 9.17) is 4.74 Å². The fourth-order valence-electron chi connectivity index (χ4n) is 2.40. The number of carbonyl (C=O) groups is 1. The first-order chi connectivity index (χ1) is 12.2. The molecule has 0 saturated heterocycles. The lowest BCUT2D eigenvalue weighted by Crippen LogP contribution is -2.28. The summed E-state index contributed by atoms with van der Waals surface area (Å²) in [5, 5.41) is 10.6. The molecule has 0 radical (unpaired) electrons. The van der Waals surface area contributed by atoms with Crippen LogP contribution in [-0.2, 0) is 0 Å². The molecule has 3 N–H and O–H groups in total. The lowest BCUT2D eigenvalue weighted by atomic mass is 10.1. The molecule has 2 aromatic heterocycles. The number of ether oxygens (including phenoxy) is 1. The van der Waals surface area contributed by atoms with Crippen LogP contribution in [0, 0.1) is 0 Å². The van der Waals surface area contributed by atoms with Gasteiger partial charge in [-0.1, -0.05) is 12.1 Å². The molecule has 1 aromatic carbocycles. The van der Waals surface area contributed by atoms with Crippen LogP contribution < -0.4 is 20.7 Å². The summed E-state index contributed by atoms with van der Waals surface area (Å²) in [5.74, 6) is 1.06. The number of pyridine rings is 2. The molecule has 7 nitrogen and oxygen atoms in total. The molecule has 7 heteroatoms. The molecule has 2 heterocycles. The number of fused-ring (bicyclic) bond motifs is 1. The van der Waals surface area contributed by atoms with Crippen molar-refractivity contribution in [3.8, 4) is 5.88 Å². The van der Waals surface area contributed by atoms with Crippen molar-refractivity contribution in [1.29, 1.82) is 0 Å². The molecule has 0 atom stereocenters. The zero-order chi connectivity index (χ0) is 17.6. The summed E-state index contributed by atoms with van der Waals surface area (Å²) in [4.78, 5) is 20.1. The van der Waals surface area contributed by atoms with Crippen molar-refractivity contribution in [2.75, 3.05) is 24.3 Å². The molecule has 3 rings (SSSR count). The van der Waals surface area contributed by atoms with Crippen LogP contribution in [0.1, 0.15) is 6.92 Å². The number of anilines is 3. The maximum atomic E-state index is 11.6. The molecular weight excluding hydrogens is 318 g/mol. The average Bonchev–Trinajstić information content (AvgIpc) is 2.62. The quantitative estimate of drug-likeness (QED) is 0.663. The van der Waals surface area contributed by atoms with Gasteiger partial charge in [0.15, 0.2) is 0 Å². The maximum absolute atomic E-state index is 11.6. The first-order valence-corrected chi connectivity index (χ1v) is 7.90. The van der Waals surface area contributed by atoms with E-state index in [2.05, 4.69) is 25.9 Å². The van der Waals surface area contributed by atoms with Crippen molar-refractivity contribution < 1.29 is 9.53 Å². The van der Waals surface area contributed by atoms with Crippen molar-refractivity contribution in [3.05, 3.63) is 48.8 Å². The Kier molecular flexibility index (Phi) is 4.94. The second-order valence-electron chi connectivity index (χ2n) is 5.29. The Balaban J connectivity index is 1.85. The second kappa shape index (κ2) is 7.48. The minimum absolute atomic E-state index is 0.270. The van der Waals surface area contributed by atoms with Crippen LogP contribution in [-0.4, -0.2) is 29.7 Å². The van der Waals surface area contributed by atoms with E-state index in [1.54, 1.807) is 25.6 Å². The number of amides is 2. The number of hydrogen-bond donors (Lipinski definition) is 3. The molecule has 2 amide bonds. The number of carbonyl (C=O) groups excluding carboxylic acids is 1. The van der Waals surface area contributed by atoms with Gasteiger partial charge in [-0.05, 0) is 30.5 Å². The van der Waals surface area contributed by atoms with Crippen molar-refractivity contribution in [2.45, 2.75) is 6.92 Å². The highest BCUT2D eigenvalue weighted by molar-refractivity contribution is 5.97. The fourth-order valence-corrected chi connectivity index (χ4v) is 2.40. The molecule has 128 valence electrons. The van der Waals surface area contributed by atoms with E-state index in [0.717, 1.165) is 22.1 Å². The average molecular weight is 337 g/mol. The predicted octanol–water partition coefficient (Wildman–Crippen LogP) is 3.52. The van der Waals surface area contributed by atoms with Gasteiger partial charge in [-0.2, -0.15) is 0 Å². The molecule has 0 unspecified atom stereocenters. The van der Waals surface area contributed by atoms with E-state index >= 15 is 0 Å². The first-order valence-electron chi connectivity index (χ1n) is 7.90. The Hall–Kier alpha value is -3.35. The molecule has 25 heavy (non-hydrogen) atoms. The lowest BCUT2D eigenvalue weighted by Gasteiger charge is -2.11. The smallest absolute Gasteiger partial charge is 0.320 e. The zero-order valence-electron chi connectivity index (χ0n) is 14.0. The highest BCUT2D eigenvalue weighted by atomic mass is 16.5. The molecule has 0 spiro atoms. The summed E-state index contributed by atoms with van der Waals surface area (Å²) in [6.45, 7) is 2.42. The van der Waals surface area contributed by atoms with Gasteiger partial charge in [-0.15, -0.1) is 0 Å². The molecule has 0 fully saturated rings. The standard InChI is InChI=1S/C18H19N5O2/c1-3-19-18(24)23-16-9-12-5-4-6-15(14(12)11-20-16)22-13-7-8-17(25-2)21-10-13/h4-11,22H,3H2,1-2H3,(H2,19,20,23,24). The van der Waals surface area contributed by atoms with Gasteiger partial charge in [-0.3, -0.25) is 5.32 Å². The van der Waals surface area contributed by atoms with Crippen molar-refractivity contribution in [2.24, 2.45) is 0 Å². The third-order valence-electron chi connectivity index (χ3n) is 3.57. The van der Waals surface area contributed by atoms with Crippen molar-refractivity contribution >= 4 is 34.0 Å². The van der Waals surface area contributed by atoms with Gasteiger partial charge in [0.05, 0.1) is 19.0 Å². The van der Waals surface area contributed by atoms with E-state index in [1.807, 2.05) is 37.3 Å². The van der Waals surface area contributed by atoms with Crippen LogP contribution in [0.3, 0.4) is 0 Å². The van der Waals surface area contributed by atoms with Gasteiger partial charge in [0, 0.05) is 29.9 Å². The van der Waals surface area contributed by atoms with Crippen LogP contribution in [0.2, 0.25) is 0 Å². The highest BCUT2D eigenvalue weighted by Gasteiger charge is 2.06. The van der Waals surface area contributed by atoms with E-state index < -0.39 is 0 Å². The predicted molar refractivity (Wildman–Crippen MR) is 98.5 cm³/mol. The van der Waals surface area contributed by atoms with Gasteiger partial charge in [0.25, 0.3) is 0 Å². The minimum atomic E-state index is -0.270. The minimum Gasteiger partial charge on any atom is -0.481 e. The van der Waals surface area contributed by atoms with E-state index in [9.17, 15) is 4.79 Å². The van der Waals surface area contributed by atoms with Crippen LogP contribution in [0.15, 0.2) is 48.8 Å². The summed E-state index contributed by atoms with van der Waals surface area (Å²) in [7, 11) is 1.58. The number of nitrogens with zero attached hydrogens (tertiary/aromatic N) is 2. The van der Waals surface area contributed by atoms with E-state index in [-0.39, 0.29) is 6.03 Å². The third-order valence-corrected chi connectivity index (χ3v) is 3.57. The van der Waals surface area contributed by atoms with Gasteiger partial charge in [0.1, 0.15) is 5.82 Å². The number of benzene rings is 1. The normalized spacial score (nSPS) is 10.3. The Morgan fingerprint density at radius 3 is 2.76 bits per heavy atom. The molecule has 0 bridgehead atoms. The summed E-state index contributed by atoms with van der Waals surface area (Å²) in [6.07, 6.45) is 3.44. The molecule has 0 aliphatic carbocycles. The van der Waals surface area contributed by atoms with Crippen LogP contribution >= 0.6 is 0 Å². The van der Waals surface area contributed by atoms with Gasteiger partial charge in [-0.25, -0.2) is 14.8 Å². The first kappa shape index (κ1) is 16.5. The second-order valence-corrected chi connectivity index (χ2v) is 5.29.